The second kappa shape index (κ2) is 6.09. The Morgan fingerprint density at radius 3 is 2.33 bits per heavy atom. The second-order valence-electron chi connectivity index (χ2n) is 4.47. The average molecular weight is 261 g/mol. The molecule has 5 heteroatoms. The predicted octanol–water partition coefficient (Wildman–Crippen LogP) is 3.21. The van der Waals surface area contributed by atoms with Crippen LogP contribution in [0, 0.1) is 0 Å². The summed E-state index contributed by atoms with van der Waals surface area (Å²) in [6.45, 7) is 0.846. The second-order valence-corrected chi connectivity index (χ2v) is 4.47. The van der Waals surface area contributed by atoms with Gasteiger partial charge in [0, 0.05) is 0 Å². The Kier molecular flexibility index (Phi) is 5.02. The summed E-state index contributed by atoms with van der Waals surface area (Å²) in [5, 5.41) is 0. The van der Waals surface area contributed by atoms with Crippen LogP contribution in [0.3, 0.4) is 0 Å². The standard InChI is InChI=1S/C13H18F3NO/c1-17(2)6-4-5-10-7-11(13(14,15)16)9-12(8-10)18-3/h7-9H,4-6H2,1-3H3. The van der Waals surface area contributed by atoms with Crippen molar-refractivity contribution in [1.29, 1.82) is 0 Å². The number of hydrogen-bond acceptors (Lipinski definition) is 2. The van der Waals surface area contributed by atoms with Crippen LogP contribution in [0.5, 0.6) is 5.75 Å². The van der Waals surface area contributed by atoms with Crippen molar-refractivity contribution in [3.05, 3.63) is 29.3 Å². The molecule has 0 aliphatic rings. The van der Waals surface area contributed by atoms with Crippen LogP contribution in [0.2, 0.25) is 0 Å². The first-order chi connectivity index (χ1) is 8.32. The van der Waals surface area contributed by atoms with Crippen LogP contribution in [0.15, 0.2) is 18.2 Å². The lowest BCUT2D eigenvalue weighted by atomic mass is 10.1. The highest BCUT2D eigenvalue weighted by atomic mass is 19.4. The number of hydrogen-bond donors (Lipinski definition) is 0. The van der Waals surface area contributed by atoms with Crippen LogP contribution in [0.1, 0.15) is 17.5 Å². The van der Waals surface area contributed by atoms with E-state index >= 15 is 0 Å². The minimum absolute atomic E-state index is 0.254. The Labute approximate surface area is 105 Å². The summed E-state index contributed by atoms with van der Waals surface area (Å²) in [4.78, 5) is 2.00. The van der Waals surface area contributed by atoms with E-state index in [9.17, 15) is 13.2 Å². The first-order valence-electron chi connectivity index (χ1n) is 5.73. The summed E-state index contributed by atoms with van der Waals surface area (Å²) in [5.41, 5.74) is 0.00484. The van der Waals surface area contributed by atoms with Gasteiger partial charge in [-0.3, -0.25) is 0 Å². The molecule has 0 bridgehead atoms. The molecule has 0 saturated carbocycles. The van der Waals surface area contributed by atoms with E-state index in [1.807, 2.05) is 19.0 Å². The number of aryl methyl sites for hydroxylation is 1. The molecule has 0 aliphatic heterocycles. The SMILES string of the molecule is COc1cc(CCCN(C)C)cc(C(F)(F)F)c1. The first-order valence-corrected chi connectivity index (χ1v) is 5.73. The third kappa shape index (κ3) is 4.56. The van der Waals surface area contributed by atoms with Gasteiger partial charge >= 0.3 is 6.18 Å². The van der Waals surface area contributed by atoms with Gasteiger partial charge in [-0.1, -0.05) is 0 Å². The van der Waals surface area contributed by atoms with Gasteiger partial charge in [0.05, 0.1) is 12.7 Å². The Hall–Kier alpha value is -1.23. The molecule has 0 spiro atoms. The van der Waals surface area contributed by atoms with Crippen molar-refractivity contribution in [3.8, 4) is 5.75 Å². The maximum Gasteiger partial charge on any atom is 0.416 e. The van der Waals surface area contributed by atoms with Crippen LogP contribution in [-0.4, -0.2) is 32.6 Å². The van der Waals surface area contributed by atoms with Crippen molar-refractivity contribution >= 4 is 0 Å². The Balaban J connectivity index is 2.84. The normalized spacial score (nSPS) is 11.9. The highest BCUT2D eigenvalue weighted by molar-refractivity contribution is 5.36. The van der Waals surface area contributed by atoms with Crippen LogP contribution in [0.25, 0.3) is 0 Å². The van der Waals surface area contributed by atoms with Gasteiger partial charge in [-0.05, 0) is 57.2 Å². The number of ether oxygens (including phenoxy) is 1. The molecule has 1 aromatic rings. The van der Waals surface area contributed by atoms with Gasteiger partial charge in [0.2, 0.25) is 0 Å². The van der Waals surface area contributed by atoms with E-state index in [0.717, 1.165) is 19.0 Å². The summed E-state index contributed by atoms with van der Waals surface area (Å²) in [6.07, 6.45) is -2.90. The molecule has 18 heavy (non-hydrogen) atoms. The van der Waals surface area contributed by atoms with Gasteiger partial charge in [-0.15, -0.1) is 0 Å². The van der Waals surface area contributed by atoms with Crippen molar-refractivity contribution in [1.82, 2.24) is 4.90 Å². The highest BCUT2D eigenvalue weighted by Gasteiger charge is 2.31. The van der Waals surface area contributed by atoms with Crippen LogP contribution < -0.4 is 4.74 Å². The minimum atomic E-state index is -4.33. The summed E-state index contributed by atoms with van der Waals surface area (Å²) in [7, 11) is 5.25. The van der Waals surface area contributed by atoms with Crippen LogP contribution >= 0.6 is 0 Å². The van der Waals surface area contributed by atoms with E-state index in [0.29, 0.717) is 12.0 Å². The summed E-state index contributed by atoms with van der Waals surface area (Å²) in [6, 6.07) is 3.87. The zero-order chi connectivity index (χ0) is 13.8. The van der Waals surface area contributed by atoms with Crippen LogP contribution in [0.4, 0.5) is 13.2 Å². The fourth-order valence-corrected chi connectivity index (χ4v) is 1.69. The molecule has 0 amide bonds. The lowest BCUT2D eigenvalue weighted by Crippen LogP contribution is -2.13. The van der Waals surface area contributed by atoms with Gasteiger partial charge < -0.3 is 9.64 Å². The van der Waals surface area contributed by atoms with Gasteiger partial charge in [0.1, 0.15) is 5.75 Å². The number of rotatable bonds is 5. The smallest absolute Gasteiger partial charge is 0.416 e. The average Bonchev–Trinajstić information content (AvgIpc) is 2.27. The topological polar surface area (TPSA) is 12.5 Å². The van der Waals surface area contributed by atoms with Gasteiger partial charge in [0.15, 0.2) is 0 Å². The lowest BCUT2D eigenvalue weighted by Gasteiger charge is -2.13. The number of methoxy groups -OCH3 is 1. The van der Waals surface area contributed by atoms with Crippen molar-refractivity contribution in [2.45, 2.75) is 19.0 Å². The van der Waals surface area contributed by atoms with Crippen molar-refractivity contribution in [3.63, 3.8) is 0 Å². The number of alkyl halides is 3. The van der Waals surface area contributed by atoms with Crippen LogP contribution in [-0.2, 0) is 12.6 Å². The predicted molar refractivity (Wildman–Crippen MR) is 64.9 cm³/mol. The molecule has 1 aromatic carbocycles. The maximum atomic E-state index is 12.7. The molecule has 102 valence electrons. The quantitative estimate of drug-likeness (QED) is 0.807. The monoisotopic (exact) mass is 261 g/mol. The minimum Gasteiger partial charge on any atom is -0.497 e. The zero-order valence-electron chi connectivity index (χ0n) is 10.8. The van der Waals surface area contributed by atoms with Gasteiger partial charge in [-0.25, -0.2) is 0 Å². The van der Waals surface area contributed by atoms with E-state index in [1.165, 1.54) is 13.2 Å². The molecule has 0 fully saturated rings. The third-order valence-corrected chi connectivity index (χ3v) is 2.60. The van der Waals surface area contributed by atoms with E-state index in [4.69, 9.17) is 4.74 Å². The van der Waals surface area contributed by atoms with Gasteiger partial charge in [-0.2, -0.15) is 13.2 Å². The molecule has 1 rings (SSSR count). The molecule has 0 radical (unpaired) electrons. The van der Waals surface area contributed by atoms with Crippen molar-refractivity contribution in [2.75, 3.05) is 27.7 Å². The molecule has 0 unspecified atom stereocenters. The van der Waals surface area contributed by atoms with E-state index < -0.39 is 11.7 Å². The molecule has 2 nitrogen and oxygen atoms in total. The molecule has 0 aliphatic carbocycles. The van der Waals surface area contributed by atoms with E-state index in [2.05, 4.69) is 0 Å². The maximum absolute atomic E-state index is 12.7. The molecule has 0 heterocycles. The third-order valence-electron chi connectivity index (χ3n) is 2.60. The summed E-state index contributed by atoms with van der Waals surface area (Å²) >= 11 is 0. The molecule has 0 N–H and O–H groups in total. The Bertz CT molecular complexity index is 388. The van der Waals surface area contributed by atoms with Crippen molar-refractivity contribution < 1.29 is 17.9 Å². The van der Waals surface area contributed by atoms with E-state index in [-0.39, 0.29) is 5.75 Å². The summed E-state index contributed by atoms with van der Waals surface area (Å²) in [5.74, 6) is 0.254. The number of nitrogens with zero attached hydrogens (tertiary/aromatic N) is 1. The molecule has 0 aromatic heterocycles. The largest absolute Gasteiger partial charge is 0.497 e. The fourth-order valence-electron chi connectivity index (χ4n) is 1.69. The van der Waals surface area contributed by atoms with Crippen molar-refractivity contribution in [2.24, 2.45) is 0 Å². The molecule has 0 saturated heterocycles. The van der Waals surface area contributed by atoms with Gasteiger partial charge in [0.25, 0.3) is 0 Å². The zero-order valence-corrected chi connectivity index (χ0v) is 10.8. The number of halogens is 3. The summed E-state index contributed by atoms with van der Waals surface area (Å²) < 4.78 is 42.9. The highest BCUT2D eigenvalue weighted by Crippen LogP contribution is 2.32. The molecular formula is C13H18F3NO. The Morgan fingerprint density at radius 2 is 1.83 bits per heavy atom. The van der Waals surface area contributed by atoms with E-state index in [1.54, 1.807) is 6.07 Å². The number of benzene rings is 1. The molecule has 0 atom stereocenters. The Morgan fingerprint density at radius 1 is 1.17 bits per heavy atom. The lowest BCUT2D eigenvalue weighted by molar-refractivity contribution is -0.137. The fraction of sp³-hybridized carbons (Fsp3) is 0.538. The molecular weight excluding hydrogens is 243 g/mol. The first kappa shape index (κ1) is 14.8.